The lowest BCUT2D eigenvalue weighted by atomic mass is 9.98. The van der Waals surface area contributed by atoms with Gasteiger partial charge >= 0.3 is 5.97 Å². The molecule has 7 atom stereocenters. The monoisotopic (exact) mass is 928 g/mol. The molecule has 67 heavy (non-hydrogen) atoms. The van der Waals surface area contributed by atoms with Gasteiger partial charge in [-0.3, -0.25) is 28.8 Å². The maximum atomic E-state index is 14.3. The van der Waals surface area contributed by atoms with Crippen LogP contribution >= 0.6 is 0 Å². The van der Waals surface area contributed by atoms with Gasteiger partial charge in [-0.2, -0.15) is 0 Å². The van der Waals surface area contributed by atoms with Gasteiger partial charge < -0.3 is 58.4 Å². The number of rotatable bonds is 27. The Balaban J connectivity index is 1.54. The van der Waals surface area contributed by atoms with Gasteiger partial charge in [-0.25, -0.2) is 9.78 Å². The van der Waals surface area contributed by atoms with Gasteiger partial charge in [0.15, 0.2) is 0 Å². The number of carboxylic acid groups (broad SMARTS) is 1. The van der Waals surface area contributed by atoms with E-state index in [1.807, 2.05) is 44.2 Å². The molecule has 0 saturated heterocycles. The van der Waals surface area contributed by atoms with Crippen LogP contribution in [-0.2, 0) is 52.8 Å². The first-order chi connectivity index (χ1) is 31.9. The second-order valence-corrected chi connectivity index (χ2v) is 18.1. The van der Waals surface area contributed by atoms with Gasteiger partial charge in [0, 0.05) is 48.3 Å². The first-order valence-corrected chi connectivity index (χ1v) is 22.9. The molecule has 4 aromatic rings. The fraction of sp³-hybridized carbons (Fsp3) is 0.500. The molecular weight excluding hydrogens is 859 g/mol. The van der Waals surface area contributed by atoms with Gasteiger partial charge in [0.05, 0.1) is 12.4 Å². The molecule has 0 bridgehead atoms. The number of aliphatic carboxylic acids is 1. The topological polar surface area (TPSA) is 308 Å². The van der Waals surface area contributed by atoms with Crippen molar-refractivity contribution in [3.8, 4) is 0 Å². The lowest BCUT2D eigenvalue weighted by Crippen LogP contribution is -2.61. The fourth-order valence-corrected chi connectivity index (χ4v) is 7.51. The Hall–Kier alpha value is -6.60. The number of hydrogen-bond acceptors (Lipinski definition) is 10. The lowest BCUT2D eigenvalue weighted by molar-refractivity contribution is -0.142. The Morgan fingerprint density at radius 1 is 0.627 bits per heavy atom. The van der Waals surface area contributed by atoms with E-state index in [1.54, 1.807) is 58.2 Å². The molecule has 19 heteroatoms. The quantitative estimate of drug-likeness (QED) is 0.0383. The van der Waals surface area contributed by atoms with Crippen molar-refractivity contribution in [1.29, 1.82) is 0 Å². The van der Waals surface area contributed by atoms with Gasteiger partial charge in [-0.1, -0.05) is 90.1 Å². The normalized spacial score (nSPS) is 14.6. The van der Waals surface area contributed by atoms with Crippen LogP contribution < -0.4 is 43.4 Å². The van der Waals surface area contributed by atoms with Crippen LogP contribution in [-0.4, -0.2) is 110 Å². The average molecular weight is 928 g/mol. The zero-order chi connectivity index (χ0) is 49.2. The Kier molecular flexibility index (Phi) is 20.5. The SMILES string of the molecule is CC(C)CC(NC(=O)C(CCCCN)NC(=O)C(Cc1cnc[nH]1)NC(=O)C(Cc1ccccc1)NC(=O)C(N)C(C)C)C(=O)NC(C(=O)NC(Cc1c[nH]c2ccccc12)C(=O)O)C(C)C. The van der Waals surface area contributed by atoms with Crippen LogP contribution in [0.4, 0.5) is 0 Å². The van der Waals surface area contributed by atoms with Crippen molar-refractivity contribution in [3.63, 3.8) is 0 Å². The molecule has 0 aliphatic carbocycles. The summed E-state index contributed by atoms with van der Waals surface area (Å²) in [5.41, 5.74) is 14.7. The summed E-state index contributed by atoms with van der Waals surface area (Å²) in [6, 6.07) is 8.29. The van der Waals surface area contributed by atoms with Crippen molar-refractivity contribution in [2.45, 2.75) is 129 Å². The van der Waals surface area contributed by atoms with Crippen LogP contribution in [0.1, 0.15) is 84.0 Å². The fourth-order valence-electron chi connectivity index (χ4n) is 7.51. The zero-order valence-electron chi connectivity index (χ0n) is 39.3. The Labute approximate surface area is 391 Å². The number of carbonyl (C=O) groups is 7. The molecule has 19 nitrogen and oxygen atoms in total. The van der Waals surface area contributed by atoms with Crippen LogP contribution in [0.15, 0.2) is 73.3 Å². The molecule has 4 rings (SSSR count). The summed E-state index contributed by atoms with van der Waals surface area (Å²) in [6.45, 7) is 11.0. The van der Waals surface area contributed by atoms with E-state index in [0.29, 0.717) is 30.6 Å². The first-order valence-electron chi connectivity index (χ1n) is 22.9. The summed E-state index contributed by atoms with van der Waals surface area (Å²) in [5, 5.41) is 27.4. The largest absolute Gasteiger partial charge is 0.480 e. The first kappa shape index (κ1) is 53.0. The van der Waals surface area contributed by atoms with Crippen LogP contribution in [0.25, 0.3) is 10.9 Å². The minimum Gasteiger partial charge on any atom is -0.480 e. The minimum atomic E-state index is -1.31. The highest BCUT2D eigenvalue weighted by atomic mass is 16.4. The molecule has 2 aromatic heterocycles. The summed E-state index contributed by atoms with van der Waals surface area (Å²) in [7, 11) is 0. The van der Waals surface area contributed by atoms with Crippen molar-refractivity contribution in [2.75, 3.05) is 6.54 Å². The number of aromatic amines is 2. The highest BCUT2D eigenvalue weighted by molar-refractivity contribution is 5.97. The lowest BCUT2D eigenvalue weighted by Gasteiger charge is -2.29. The number of amides is 6. The van der Waals surface area contributed by atoms with E-state index in [2.05, 4.69) is 46.9 Å². The standard InChI is InChI=1S/C48H69N11O8/c1-27(2)20-36(45(63)59-41(29(5)6)47(65)58-39(48(66)67)22-31-24-52-34-17-11-10-16-33(31)34)55-42(60)35(18-12-13-19-49)54-44(62)38(23-32-25-51-26-53-32)56-43(61)37(21-30-14-8-7-9-15-30)57-46(64)40(50)28(3)4/h7-11,14-17,24-29,35-41,52H,12-13,18-23,49-50H2,1-6H3,(H,51,53)(H,54,62)(H,55,60)(H,56,61)(H,57,64)(H,58,65)(H,59,63)(H,66,67). The second kappa shape index (κ2) is 25.9. The molecule has 364 valence electrons. The maximum absolute atomic E-state index is 14.3. The van der Waals surface area contributed by atoms with E-state index in [1.165, 1.54) is 12.5 Å². The number of hydrogen-bond donors (Lipinski definition) is 11. The van der Waals surface area contributed by atoms with Crippen molar-refractivity contribution in [2.24, 2.45) is 29.2 Å². The van der Waals surface area contributed by atoms with Crippen LogP contribution in [0.2, 0.25) is 0 Å². The van der Waals surface area contributed by atoms with E-state index < -0.39 is 89.6 Å². The Bertz CT molecular complexity index is 2250. The van der Waals surface area contributed by atoms with E-state index in [0.717, 1.165) is 16.5 Å². The summed E-state index contributed by atoms with van der Waals surface area (Å²) in [6.07, 6.45) is 5.85. The van der Waals surface area contributed by atoms with Crippen LogP contribution in [0.5, 0.6) is 0 Å². The predicted molar refractivity (Wildman–Crippen MR) is 254 cm³/mol. The summed E-state index contributed by atoms with van der Waals surface area (Å²) >= 11 is 0. The molecule has 2 heterocycles. The third-order valence-electron chi connectivity index (χ3n) is 11.4. The number of imidazole rings is 1. The number of para-hydroxylation sites is 1. The third-order valence-corrected chi connectivity index (χ3v) is 11.4. The molecule has 13 N–H and O–H groups in total. The highest BCUT2D eigenvalue weighted by Crippen LogP contribution is 2.20. The summed E-state index contributed by atoms with van der Waals surface area (Å²) in [5.74, 6) is -6.08. The molecular formula is C48H69N11O8. The van der Waals surface area contributed by atoms with Crippen molar-refractivity contribution >= 4 is 52.3 Å². The molecule has 0 saturated carbocycles. The van der Waals surface area contributed by atoms with E-state index >= 15 is 0 Å². The number of nitrogens with one attached hydrogen (secondary N) is 8. The van der Waals surface area contributed by atoms with E-state index in [9.17, 15) is 38.7 Å². The second-order valence-electron chi connectivity index (χ2n) is 18.1. The minimum absolute atomic E-state index is 0.0165. The Morgan fingerprint density at radius 3 is 1.82 bits per heavy atom. The molecule has 0 aliphatic heterocycles. The number of unbranched alkanes of at least 4 members (excludes halogenated alkanes) is 1. The smallest absolute Gasteiger partial charge is 0.326 e. The van der Waals surface area contributed by atoms with Gasteiger partial charge in [-0.05, 0) is 67.2 Å². The molecule has 0 radical (unpaired) electrons. The molecule has 0 fully saturated rings. The summed E-state index contributed by atoms with van der Waals surface area (Å²) in [4.78, 5) is 106. The number of aromatic nitrogens is 3. The summed E-state index contributed by atoms with van der Waals surface area (Å²) < 4.78 is 0. The number of fused-ring (bicyclic) bond motifs is 1. The maximum Gasteiger partial charge on any atom is 0.326 e. The number of carboxylic acids is 1. The number of nitrogens with two attached hydrogens (primary N) is 2. The van der Waals surface area contributed by atoms with E-state index in [4.69, 9.17) is 11.5 Å². The molecule has 2 aromatic carbocycles. The van der Waals surface area contributed by atoms with Crippen LogP contribution in [0.3, 0.4) is 0 Å². The number of carbonyl (C=O) groups excluding carboxylic acids is 6. The molecule has 6 amide bonds. The average Bonchev–Trinajstić information content (AvgIpc) is 3.96. The van der Waals surface area contributed by atoms with Crippen molar-refractivity contribution in [1.82, 2.24) is 46.9 Å². The number of H-pyrrole nitrogens is 2. The number of nitrogens with zero attached hydrogens (tertiary/aromatic N) is 1. The molecule has 0 aliphatic rings. The van der Waals surface area contributed by atoms with Gasteiger partial charge in [0.1, 0.15) is 36.3 Å². The zero-order valence-corrected chi connectivity index (χ0v) is 39.3. The molecule has 0 spiro atoms. The Morgan fingerprint density at radius 2 is 1.21 bits per heavy atom. The highest BCUT2D eigenvalue weighted by Gasteiger charge is 2.35. The van der Waals surface area contributed by atoms with Crippen molar-refractivity contribution < 1.29 is 38.7 Å². The van der Waals surface area contributed by atoms with Gasteiger partial charge in [-0.15, -0.1) is 0 Å². The van der Waals surface area contributed by atoms with E-state index in [-0.39, 0.29) is 43.9 Å². The number of benzene rings is 2. The molecule has 7 unspecified atom stereocenters. The van der Waals surface area contributed by atoms with Gasteiger partial charge in [0.25, 0.3) is 0 Å². The van der Waals surface area contributed by atoms with Gasteiger partial charge in [0.2, 0.25) is 35.4 Å². The third kappa shape index (κ3) is 16.4. The predicted octanol–water partition coefficient (Wildman–Crippen LogP) is 1.73. The van der Waals surface area contributed by atoms with Crippen LogP contribution in [0, 0.1) is 17.8 Å². The van der Waals surface area contributed by atoms with Crippen molar-refractivity contribution in [3.05, 3.63) is 90.1 Å².